The Kier molecular flexibility index (Phi) is 2.82. The third-order valence-corrected chi connectivity index (χ3v) is 3.96. The van der Waals surface area contributed by atoms with Crippen LogP contribution in [0.3, 0.4) is 0 Å². The van der Waals surface area contributed by atoms with Crippen LogP contribution in [0.5, 0.6) is 0 Å². The SMILES string of the molecule is Cc1cccc2c3c(n(CCO)c12)C(=O)N(C)CC3. The fourth-order valence-electron chi connectivity index (χ4n) is 3.05. The van der Waals surface area contributed by atoms with Gasteiger partial charge in [-0.15, -0.1) is 0 Å². The molecule has 0 unspecified atom stereocenters. The summed E-state index contributed by atoms with van der Waals surface area (Å²) in [4.78, 5) is 14.2. The summed E-state index contributed by atoms with van der Waals surface area (Å²) in [5.74, 6) is 0.0605. The quantitative estimate of drug-likeness (QED) is 0.888. The average molecular weight is 258 g/mol. The molecule has 2 aromatic rings. The minimum absolute atomic E-state index is 0.0432. The predicted molar refractivity (Wildman–Crippen MR) is 74.4 cm³/mol. The number of amides is 1. The van der Waals surface area contributed by atoms with E-state index in [1.54, 1.807) is 4.90 Å². The molecule has 19 heavy (non-hydrogen) atoms. The Morgan fingerprint density at radius 1 is 1.37 bits per heavy atom. The van der Waals surface area contributed by atoms with E-state index in [2.05, 4.69) is 19.1 Å². The summed E-state index contributed by atoms with van der Waals surface area (Å²) in [5.41, 5.74) is 4.13. The maximum Gasteiger partial charge on any atom is 0.270 e. The van der Waals surface area contributed by atoms with Crippen molar-refractivity contribution in [2.75, 3.05) is 20.2 Å². The number of rotatable bonds is 2. The summed E-state index contributed by atoms with van der Waals surface area (Å²) in [5, 5.41) is 10.5. The largest absolute Gasteiger partial charge is 0.395 e. The van der Waals surface area contributed by atoms with Gasteiger partial charge in [-0.05, 0) is 24.5 Å². The molecule has 1 aromatic heterocycles. The molecule has 1 N–H and O–H groups in total. The van der Waals surface area contributed by atoms with Gasteiger partial charge >= 0.3 is 0 Å². The number of nitrogens with zero attached hydrogens (tertiary/aromatic N) is 2. The van der Waals surface area contributed by atoms with Crippen molar-refractivity contribution in [3.05, 3.63) is 35.0 Å². The van der Waals surface area contributed by atoms with Crippen LogP contribution in [0.15, 0.2) is 18.2 Å². The van der Waals surface area contributed by atoms with E-state index in [-0.39, 0.29) is 12.5 Å². The van der Waals surface area contributed by atoms with Gasteiger partial charge in [0.1, 0.15) is 5.69 Å². The van der Waals surface area contributed by atoms with Gasteiger partial charge < -0.3 is 14.6 Å². The van der Waals surface area contributed by atoms with Crippen molar-refractivity contribution in [2.24, 2.45) is 0 Å². The highest BCUT2D eigenvalue weighted by molar-refractivity contribution is 6.03. The number of carbonyl (C=O) groups excluding carboxylic acids is 1. The Bertz CT molecular complexity index is 658. The van der Waals surface area contributed by atoms with Gasteiger partial charge in [-0.25, -0.2) is 0 Å². The van der Waals surface area contributed by atoms with Gasteiger partial charge in [0.15, 0.2) is 0 Å². The molecule has 0 saturated carbocycles. The molecule has 0 radical (unpaired) electrons. The lowest BCUT2D eigenvalue weighted by atomic mass is 10.0. The lowest BCUT2D eigenvalue weighted by Crippen LogP contribution is -2.35. The molecule has 2 heterocycles. The van der Waals surface area contributed by atoms with Crippen molar-refractivity contribution in [3.63, 3.8) is 0 Å². The van der Waals surface area contributed by atoms with Crippen molar-refractivity contribution in [2.45, 2.75) is 19.9 Å². The van der Waals surface area contributed by atoms with E-state index in [0.717, 1.165) is 40.7 Å². The molecule has 1 aliphatic rings. The van der Waals surface area contributed by atoms with Gasteiger partial charge in [0.25, 0.3) is 5.91 Å². The van der Waals surface area contributed by atoms with Gasteiger partial charge in [-0.2, -0.15) is 0 Å². The fourth-order valence-corrected chi connectivity index (χ4v) is 3.05. The van der Waals surface area contributed by atoms with Crippen LogP contribution in [0.4, 0.5) is 0 Å². The van der Waals surface area contributed by atoms with E-state index >= 15 is 0 Å². The summed E-state index contributed by atoms with van der Waals surface area (Å²) in [7, 11) is 1.83. The summed E-state index contributed by atoms with van der Waals surface area (Å²) >= 11 is 0. The molecule has 0 fully saturated rings. The topological polar surface area (TPSA) is 45.5 Å². The number of carbonyl (C=O) groups is 1. The van der Waals surface area contributed by atoms with Crippen molar-refractivity contribution >= 4 is 16.8 Å². The normalized spacial score (nSPS) is 15.1. The Hall–Kier alpha value is -1.81. The number of likely N-dealkylation sites (N-methyl/N-ethyl adjacent to an activating group) is 1. The first-order valence-corrected chi connectivity index (χ1v) is 6.62. The molecule has 100 valence electrons. The molecular weight excluding hydrogens is 240 g/mol. The maximum atomic E-state index is 12.4. The summed E-state index contributed by atoms with van der Waals surface area (Å²) in [6.45, 7) is 3.33. The summed E-state index contributed by atoms with van der Waals surface area (Å²) in [6, 6.07) is 6.16. The average Bonchev–Trinajstić information content (AvgIpc) is 2.71. The van der Waals surface area contributed by atoms with Crippen LogP contribution in [0.2, 0.25) is 0 Å². The fraction of sp³-hybridized carbons (Fsp3) is 0.400. The monoisotopic (exact) mass is 258 g/mol. The zero-order valence-electron chi connectivity index (χ0n) is 11.3. The molecular formula is C15H18N2O2. The molecule has 0 spiro atoms. The highest BCUT2D eigenvalue weighted by Gasteiger charge is 2.29. The number of aliphatic hydroxyl groups excluding tert-OH is 1. The van der Waals surface area contributed by atoms with Crippen molar-refractivity contribution < 1.29 is 9.90 Å². The second kappa shape index (κ2) is 4.38. The highest BCUT2D eigenvalue weighted by atomic mass is 16.3. The minimum Gasteiger partial charge on any atom is -0.395 e. The Labute approximate surface area is 112 Å². The Morgan fingerprint density at radius 2 is 2.16 bits per heavy atom. The molecule has 4 heteroatoms. The van der Waals surface area contributed by atoms with Gasteiger partial charge in [0, 0.05) is 25.5 Å². The lowest BCUT2D eigenvalue weighted by molar-refractivity contribution is 0.0769. The number of hydrogen-bond donors (Lipinski definition) is 1. The first kappa shape index (κ1) is 12.2. The summed E-state index contributed by atoms with van der Waals surface area (Å²) < 4.78 is 1.98. The van der Waals surface area contributed by atoms with Crippen LogP contribution in [-0.2, 0) is 13.0 Å². The van der Waals surface area contributed by atoms with Crippen LogP contribution in [0.1, 0.15) is 21.6 Å². The van der Waals surface area contributed by atoms with E-state index in [9.17, 15) is 9.90 Å². The van der Waals surface area contributed by atoms with Gasteiger partial charge in [-0.1, -0.05) is 18.2 Å². The molecule has 0 atom stereocenters. The second-order valence-corrected chi connectivity index (χ2v) is 5.15. The van der Waals surface area contributed by atoms with Gasteiger partial charge in [-0.3, -0.25) is 4.79 Å². The number of para-hydroxylation sites is 1. The molecule has 0 aliphatic carbocycles. The van der Waals surface area contributed by atoms with Crippen molar-refractivity contribution in [1.29, 1.82) is 0 Å². The predicted octanol–water partition coefficient (Wildman–Crippen LogP) is 1.57. The highest BCUT2D eigenvalue weighted by Crippen LogP contribution is 2.32. The minimum atomic E-state index is 0.0432. The van der Waals surface area contributed by atoms with E-state index < -0.39 is 0 Å². The first-order chi connectivity index (χ1) is 9.15. The second-order valence-electron chi connectivity index (χ2n) is 5.15. The van der Waals surface area contributed by atoms with E-state index in [1.807, 2.05) is 17.7 Å². The number of fused-ring (bicyclic) bond motifs is 3. The number of aryl methyl sites for hydroxylation is 1. The number of aromatic nitrogens is 1. The number of hydrogen-bond acceptors (Lipinski definition) is 2. The van der Waals surface area contributed by atoms with E-state index in [4.69, 9.17) is 0 Å². The van der Waals surface area contributed by atoms with Crippen LogP contribution in [0.25, 0.3) is 10.9 Å². The molecule has 4 nitrogen and oxygen atoms in total. The Morgan fingerprint density at radius 3 is 2.89 bits per heavy atom. The smallest absolute Gasteiger partial charge is 0.270 e. The maximum absolute atomic E-state index is 12.4. The van der Waals surface area contributed by atoms with Gasteiger partial charge in [0.05, 0.1) is 12.1 Å². The van der Waals surface area contributed by atoms with Gasteiger partial charge in [0.2, 0.25) is 0 Å². The molecule has 0 saturated heterocycles. The van der Waals surface area contributed by atoms with E-state index in [0.29, 0.717) is 6.54 Å². The third kappa shape index (κ3) is 1.67. The third-order valence-electron chi connectivity index (χ3n) is 3.96. The molecule has 0 bridgehead atoms. The van der Waals surface area contributed by atoms with Crippen LogP contribution >= 0.6 is 0 Å². The molecule has 1 aromatic carbocycles. The first-order valence-electron chi connectivity index (χ1n) is 6.62. The zero-order valence-corrected chi connectivity index (χ0v) is 11.3. The van der Waals surface area contributed by atoms with Crippen LogP contribution in [0, 0.1) is 6.92 Å². The van der Waals surface area contributed by atoms with Crippen molar-refractivity contribution in [3.8, 4) is 0 Å². The standard InChI is InChI=1S/C15H18N2O2/c1-10-4-3-5-11-12-6-7-16(2)15(19)14(12)17(8-9-18)13(10)11/h3-5,18H,6-9H2,1-2H3. The lowest BCUT2D eigenvalue weighted by Gasteiger charge is -2.24. The number of benzene rings is 1. The van der Waals surface area contributed by atoms with Crippen molar-refractivity contribution in [1.82, 2.24) is 9.47 Å². The summed E-state index contributed by atoms with van der Waals surface area (Å²) in [6.07, 6.45) is 0.885. The van der Waals surface area contributed by atoms with E-state index in [1.165, 1.54) is 0 Å². The van der Waals surface area contributed by atoms with Crippen LogP contribution in [-0.4, -0.2) is 40.7 Å². The number of aliphatic hydroxyl groups is 1. The molecule has 3 rings (SSSR count). The zero-order chi connectivity index (χ0) is 13.6. The Balaban J connectivity index is 2.38. The molecule has 1 amide bonds. The molecule has 1 aliphatic heterocycles. The van der Waals surface area contributed by atoms with Crippen LogP contribution < -0.4 is 0 Å².